The zero-order valence-corrected chi connectivity index (χ0v) is 22.7. The van der Waals surface area contributed by atoms with Crippen molar-refractivity contribution in [2.24, 2.45) is 5.92 Å². The van der Waals surface area contributed by atoms with Crippen LogP contribution in [0.15, 0.2) is 53.6 Å². The lowest BCUT2D eigenvalue weighted by Gasteiger charge is -2.29. The summed E-state index contributed by atoms with van der Waals surface area (Å²) in [5.74, 6) is 0.386. The van der Waals surface area contributed by atoms with Crippen LogP contribution in [0.4, 0.5) is 16.0 Å². The molecule has 11 heteroatoms. The summed E-state index contributed by atoms with van der Waals surface area (Å²) in [6, 6.07) is 12.8. The maximum Gasteiger partial charge on any atom is 0.267 e. The van der Waals surface area contributed by atoms with Gasteiger partial charge in [-0.2, -0.15) is 0 Å². The van der Waals surface area contributed by atoms with E-state index in [4.69, 9.17) is 15.5 Å². The highest BCUT2D eigenvalue weighted by Gasteiger charge is 2.32. The Bertz CT molecular complexity index is 1310. The molecule has 1 fully saturated rings. The molecule has 1 saturated heterocycles. The molecule has 1 unspecified atom stereocenters. The topological polar surface area (TPSA) is 142 Å². The molecular weight excluding hydrogens is 509 g/mol. The molecule has 1 aliphatic rings. The minimum atomic E-state index is -1.91. The van der Waals surface area contributed by atoms with E-state index < -0.39 is 22.7 Å². The average molecular weight is 544 g/mol. The molecule has 1 aliphatic heterocycles. The Hall–Kier alpha value is -3.57. The summed E-state index contributed by atoms with van der Waals surface area (Å²) in [6.07, 6.45) is 1.89. The molecule has 4 rings (SSSR count). The van der Waals surface area contributed by atoms with Gasteiger partial charge in [0.1, 0.15) is 23.2 Å². The van der Waals surface area contributed by atoms with Crippen LogP contribution >= 0.6 is 0 Å². The third-order valence-electron chi connectivity index (χ3n) is 6.19. The monoisotopic (exact) mass is 543 g/mol. The second kappa shape index (κ2) is 12.3. The minimum Gasteiger partial charge on any atom is -0.493 e. The molecule has 0 bridgehead atoms. The van der Waals surface area contributed by atoms with Gasteiger partial charge >= 0.3 is 0 Å². The highest BCUT2D eigenvalue weighted by molar-refractivity contribution is 7.83. The molecule has 1 amide bonds. The Balaban J connectivity index is 0.00000400. The van der Waals surface area contributed by atoms with E-state index in [2.05, 4.69) is 28.5 Å². The summed E-state index contributed by atoms with van der Waals surface area (Å²) < 4.78 is 35.5. The molecular formula is C27H34FN5O4S. The zero-order valence-electron chi connectivity index (χ0n) is 21.9. The van der Waals surface area contributed by atoms with Crippen molar-refractivity contribution in [3.8, 4) is 17.0 Å². The molecule has 0 spiro atoms. The van der Waals surface area contributed by atoms with E-state index in [1.165, 1.54) is 18.2 Å². The number of amides is 1. The molecule has 9 nitrogen and oxygen atoms in total. The molecule has 204 valence electrons. The fraction of sp³-hybridized carbons (Fsp3) is 0.370. The van der Waals surface area contributed by atoms with Crippen LogP contribution in [0.2, 0.25) is 0 Å². The van der Waals surface area contributed by atoms with Crippen LogP contribution in [0.3, 0.4) is 0 Å². The molecule has 38 heavy (non-hydrogen) atoms. The van der Waals surface area contributed by atoms with Gasteiger partial charge in [-0.3, -0.25) is 9.52 Å². The number of pyridine rings is 2. The Kier molecular flexibility index (Phi) is 9.40. The summed E-state index contributed by atoms with van der Waals surface area (Å²) in [7, 11) is -1.91. The van der Waals surface area contributed by atoms with E-state index in [0.717, 1.165) is 12.8 Å². The number of carbonyl (C=O) groups is 1. The van der Waals surface area contributed by atoms with Gasteiger partial charge in [-0.25, -0.2) is 18.6 Å². The predicted molar refractivity (Wildman–Crippen MR) is 147 cm³/mol. The van der Waals surface area contributed by atoms with Crippen LogP contribution < -0.4 is 20.1 Å². The van der Waals surface area contributed by atoms with Gasteiger partial charge in [-0.1, -0.05) is 19.9 Å². The van der Waals surface area contributed by atoms with E-state index in [0.29, 0.717) is 35.3 Å². The number of nitrogens with zero attached hydrogens (tertiary/aromatic N) is 3. The van der Waals surface area contributed by atoms with Gasteiger partial charge in [0.25, 0.3) is 5.91 Å². The summed E-state index contributed by atoms with van der Waals surface area (Å²) in [5.41, 5.74) is 7.01. The van der Waals surface area contributed by atoms with Crippen molar-refractivity contribution in [3.63, 3.8) is 0 Å². The van der Waals surface area contributed by atoms with Crippen molar-refractivity contribution in [1.29, 1.82) is 0 Å². The molecule has 0 aliphatic carbocycles. The van der Waals surface area contributed by atoms with E-state index >= 15 is 0 Å². The number of nitrogen functional groups attached to an aromatic ring is 1. The van der Waals surface area contributed by atoms with Crippen LogP contribution in [0, 0.1) is 11.7 Å². The Morgan fingerprint density at radius 1 is 1.16 bits per heavy atom. The molecule has 1 aromatic carbocycles. The molecule has 3 aromatic rings. The lowest BCUT2D eigenvalue weighted by molar-refractivity contribution is 0.0983. The molecule has 3 atom stereocenters. The van der Waals surface area contributed by atoms with Gasteiger partial charge in [0.15, 0.2) is 16.0 Å². The largest absolute Gasteiger partial charge is 0.493 e. The van der Waals surface area contributed by atoms with Crippen molar-refractivity contribution in [1.82, 2.24) is 14.7 Å². The standard InChI is InChI=1S/C27H32FN5O3S.H2O/c1-16(2)15-36-21-13-19(12-20(28)14-21)23-11-10-22(26(30-23)33-17(3)8-9-18(33)4)27(34)32-37(35)25-7-5-6-24(29)31-25;/h5-7,10-14,16-18H,8-9,15H2,1-4H3,(H2,29,31)(H,32,34);1H2/t17-,18+,37?;. The Morgan fingerprint density at radius 2 is 1.87 bits per heavy atom. The van der Waals surface area contributed by atoms with Crippen LogP contribution in [0.1, 0.15) is 50.9 Å². The van der Waals surface area contributed by atoms with Crippen LogP contribution in [-0.2, 0) is 11.0 Å². The lowest BCUT2D eigenvalue weighted by Crippen LogP contribution is -2.36. The van der Waals surface area contributed by atoms with Crippen molar-refractivity contribution in [2.75, 3.05) is 17.2 Å². The Labute approximate surface area is 224 Å². The summed E-state index contributed by atoms with van der Waals surface area (Å²) in [5, 5.41) is 0.149. The normalized spacial score (nSPS) is 17.7. The number of ether oxygens (including phenoxy) is 1. The average Bonchev–Trinajstić information content (AvgIpc) is 3.19. The van der Waals surface area contributed by atoms with E-state index in [9.17, 15) is 13.4 Å². The second-order valence-electron chi connectivity index (χ2n) is 9.73. The first-order chi connectivity index (χ1) is 17.6. The first-order valence-corrected chi connectivity index (χ1v) is 13.5. The van der Waals surface area contributed by atoms with E-state index in [1.807, 2.05) is 13.8 Å². The van der Waals surface area contributed by atoms with Crippen molar-refractivity contribution in [2.45, 2.75) is 57.6 Å². The SMILES string of the molecule is CC(C)COc1cc(F)cc(-c2ccc(C(=O)NS(=O)c3cccc(N)n3)c(N3[C@H](C)CC[C@@H]3C)n2)c1.O. The van der Waals surface area contributed by atoms with E-state index in [-0.39, 0.29) is 34.0 Å². The van der Waals surface area contributed by atoms with Gasteiger partial charge in [-0.15, -0.1) is 0 Å². The number of halogens is 1. The summed E-state index contributed by atoms with van der Waals surface area (Å²) in [6.45, 7) is 8.66. The minimum absolute atomic E-state index is 0. The number of aromatic nitrogens is 2. The third kappa shape index (κ3) is 6.65. The van der Waals surface area contributed by atoms with Gasteiger partial charge in [0.05, 0.1) is 17.9 Å². The van der Waals surface area contributed by atoms with Crippen molar-refractivity contribution in [3.05, 3.63) is 59.9 Å². The number of rotatable bonds is 8. The fourth-order valence-electron chi connectivity index (χ4n) is 4.38. The molecule has 0 radical (unpaired) electrons. The van der Waals surface area contributed by atoms with Gasteiger partial charge in [-0.05, 0) is 69.0 Å². The number of hydrogen-bond donors (Lipinski definition) is 2. The fourth-order valence-corrected chi connectivity index (χ4v) is 5.15. The first kappa shape index (κ1) is 29.0. The van der Waals surface area contributed by atoms with Crippen molar-refractivity contribution >= 4 is 28.5 Å². The molecule has 5 N–H and O–H groups in total. The van der Waals surface area contributed by atoms with Crippen LogP contribution in [0.25, 0.3) is 11.3 Å². The third-order valence-corrected chi connectivity index (χ3v) is 7.17. The number of carbonyl (C=O) groups excluding carboxylic acids is 1. The maximum absolute atomic E-state index is 14.5. The first-order valence-electron chi connectivity index (χ1n) is 12.3. The number of hydrogen-bond acceptors (Lipinski definition) is 7. The van der Waals surface area contributed by atoms with Crippen LogP contribution in [-0.4, -0.2) is 44.3 Å². The van der Waals surface area contributed by atoms with Gasteiger partial charge in [0.2, 0.25) is 0 Å². The highest BCUT2D eigenvalue weighted by atomic mass is 32.2. The number of nitrogens with two attached hydrogens (primary N) is 1. The van der Waals surface area contributed by atoms with Crippen molar-refractivity contribution < 1.29 is 23.6 Å². The predicted octanol–water partition coefficient (Wildman–Crippen LogP) is 3.90. The number of benzene rings is 1. The second-order valence-corrected chi connectivity index (χ2v) is 10.9. The molecule has 2 aromatic heterocycles. The highest BCUT2D eigenvalue weighted by Crippen LogP contribution is 2.34. The number of anilines is 2. The smallest absolute Gasteiger partial charge is 0.267 e. The van der Waals surface area contributed by atoms with Gasteiger partial charge < -0.3 is 20.8 Å². The molecule has 0 saturated carbocycles. The summed E-state index contributed by atoms with van der Waals surface area (Å²) >= 11 is 0. The van der Waals surface area contributed by atoms with Gasteiger partial charge in [0, 0.05) is 23.7 Å². The quantitative estimate of drug-likeness (QED) is 0.439. The zero-order chi connectivity index (χ0) is 26.7. The lowest BCUT2D eigenvalue weighted by atomic mass is 10.1. The summed E-state index contributed by atoms with van der Waals surface area (Å²) in [4.78, 5) is 24.2. The molecule has 3 heterocycles. The van der Waals surface area contributed by atoms with E-state index in [1.54, 1.807) is 30.3 Å². The number of nitrogens with one attached hydrogen (secondary N) is 1. The Morgan fingerprint density at radius 3 is 2.53 bits per heavy atom. The van der Waals surface area contributed by atoms with Crippen LogP contribution in [0.5, 0.6) is 5.75 Å². The maximum atomic E-state index is 14.5.